The number of hydrogen-bond acceptors (Lipinski definition) is 1. The van der Waals surface area contributed by atoms with Crippen LogP contribution in [0.2, 0.25) is 0 Å². The summed E-state index contributed by atoms with van der Waals surface area (Å²) in [5.41, 5.74) is 0.511. The van der Waals surface area contributed by atoms with Crippen molar-refractivity contribution in [2.75, 3.05) is 0 Å². The molecule has 0 unspecified atom stereocenters. The summed E-state index contributed by atoms with van der Waals surface area (Å²) in [5, 5.41) is 0. The third kappa shape index (κ3) is 4.98. The average molecular weight is 218 g/mol. The van der Waals surface area contributed by atoms with E-state index in [1.165, 1.54) is 0 Å². The van der Waals surface area contributed by atoms with E-state index in [0.29, 0.717) is 0 Å². The quantitative estimate of drug-likeness (QED) is 0.392. The molecule has 0 aliphatic rings. The number of hydrogen-bond donors (Lipinski definition) is 0. The molecule has 0 aromatic carbocycles. The Labute approximate surface area is 99.6 Å². The van der Waals surface area contributed by atoms with Crippen molar-refractivity contribution in [3.8, 4) is 12.3 Å². The highest BCUT2D eigenvalue weighted by molar-refractivity contribution is 5.94. The molecule has 1 nitrogen and oxygen atoms in total. The first-order chi connectivity index (χ1) is 7.09. The number of carbonyl (C=O) groups excluding carboxylic acids is 1. The second kappa shape index (κ2) is 5.16. The molecule has 88 valence electrons. The van der Waals surface area contributed by atoms with Crippen LogP contribution in [0.25, 0.3) is 0 Å². The van der Waals surface area contributed by atoms with E-state index >= 15 is 0 Å². The van der Waals surface area contributed by atoms with Crippen molar-refractivity contribution in [2.24, 2.45) is 10.8 Å². The molecule has 0 fully saturated rings. The van der Waals surface area contributed by atoms with Gasteiger partial charge in [0, 0.05) is 11.0 Å². The second-order valence-corrected chi connectivity index (χ2v) is 5.95. The van der Waals surface area contributed by atoms with Crippen LogP contribution in [0.4, 0.5) is 0 Å². The van der Waals surface area contributed by atoms with Gasteiger partial charge in [0.05, 0.1) is 0 Å². The van der Waals surface area contributed by atoms with Crippen molar-refractivity contribution in [1.29, 1.82) is 0 Å². The summed E-state index contributed by atoms with van der Waals surface area (Å²) < 4.78 is 0. The lowest BCUT2D eigenvalue weighted by atomic mass is 9.86. The minimum atomic E-state index is -0.331. The highest BCUT2D eigenvalue weighted by Gasteiger charge is 2.18. The normalized spacial score (nSPS) is 13.9. The summed E-state index contributed by atoms with van der Waals surface area (Å²) in [4.78, 5) is 11.6. The molecule has 1 heteroatoms. The monoisotopic (exact) mass is 218 g/mol. The zero-order chi connectivity index (χ0) is 13.0. The summed E-state index contributed by atoms with van der Waals surface area (Å²) in [5.74, 6) is 2.76. The van der Waals surface area contributed by atoms with Crippen molar-refractivity contribution in [1.82, 2.24) is 0 Å². The van der Waals surface area contributed by atoms with Crippen LogP contribution in [0.3, 0.4) is 0 Å². The summed E-state index contributed by atoms with van der Waals surface area (Å²) in [6.07, 6.45) is 10.6. The third-order valence-electron chi connectivity index (χ3n) is 2.21. The van der Waals surface area contributed by atoms with Crippen LogP contribution in [0.15, 0.2) is 23.8 Å². The molecule has 16 heavy (non-hydrogen) atoms. The molecule has 0 atom stereocenters. The number of terminal acetylenes is 1. The van der Waals surface area contributed by atoms with Crippen LogP contribution < -0.4 is 0 Å². The lowest BCUT2D eigenvalue weighted by Gasteiger charge is -2.17. The first-order valence-electron chi connectivity index (χ1n) is 5.49. The molecule has 0 heterocycles. The van der Waals surface area contributed by atoms with Gasteiger partial charge >= 0.3 is 0 Å². The molecule has 0 saturated carbocycles. The van der Waals surface area contributed by atoms with E-state index in [2.05, 4.69) is 26.7 Å². The van der Waals surface area contributed by atoms with Crippen LogP contribution in [0.1, 0.15) is 41.5 Å². The molecule has 0 N–H and O–H groups in total. The van der Waals surface area contributed by atoms with Crippen molar-refractivity contribution >= 4 is 5.78 Å². The first-order valence-corrected chi connectivity index (χ1v) is 5.49. The molecule has 0 aromatic rings. The van der Waals surface area contributed by atoms with E-state index in [1.807, 2.05) is 26.8 Å². The Kier molecular flexibility index (Phi) is 4.75. The van der Waals surface area contributed by atoms with Gasteiger partial charge in [0.2, 0.25) is 0 Å². The smallest absolute Gasteiger partial charge is 0.160 e. The summed E-state index contributed by atoms with van der Waals surface area (Å²) >= 11 is 0. The summed E-state index contributed by atoms with van der Waals surface area (Å²) in [7, 11) is 0. The van der Waals surface area contributed by atoms with Gasteiger partial charge in [-0.15, -0.1) is 6.42 Å². The lowest BCUT2D eigenvalue weighted by Crippen LogP contribution is -2.17. The molecule has 0 radical (unpaired) electrons. The van der Waals surface area contributed by atoms with E-state index < -0.39 is 0 Å². The Morgan fingerprint density at radius 1 is 1.06 bits per heavy atom. The maximum atomic E-state index is 11.6. The van der Waals surface area contributed by atoms with Crippen LogP contribution in [0, 0.1) is 23.2 Å². The Bertz CT molecular complexity index is 348. The molecular weight excluding hydrogens is 196 g/mol. The highest BCUT2D eigenvalue weighted by Crippen LogP contribution is 2.24. The Morgan fingerprint density at radius 3 is 1.88 bits per heavy atom. The van der Waals surface area contributed by atoms with Crippen molar-refractivity contribution < 1.29 is 4.79 Å². The van der Waals surface area contributed by atoms with Crippen molar-refractivity contribution in [2.45, 2.75) is 41.5 Å². The fourth-order valence-corrected chi connectivity index (χ4v) is 0.996. The van der Waals surface area contributed by atoms with E-state index in [4.69, 9.17) is 6.42 Å². The van der Waals surface area contributed by atoms with Gasteiger partial charge in [0.15, 0.2) is 5.78 Å². The largest absolute Gasteiger partial charge is 0.294 e. The number of ketones is 1. The Hall–Kier alpha value is -1.29. The van der Waals surface area contributed by atoms with Gasteiger partial charge in [-0.05, 0) is 17.6 Å². The predicted octanol–water partition coefficient (Wildman–Crippen LogP) is 3.76. The number of rotatable bonds is 2. The fraction of sp³-hybridized carbons (Fsp3) is 0.533. The topological polar surface area (TPSA) is 17.1 Å². The van der Waals surface area contributed by atoms with Crippen LogP contribution >= 0.6 is 0 Å². The summed E-state index contributed by atoms with van der Waals surface area (Å²) in [6, 6.07) is 0. The zero-order valence-electron chi connectivity index (χ0n) is 11.2. The standard InChI is InChI=1S/C15H22O/c1-8-12(14(2,3)4)10-9-11-13(16)15(5,6)7/h1,9-11H,2-7H3. The van der Waals surface area contributed by atoms with Crippen LogP contribution in [-0.2, 0) is 4.79 Å². The molecule has 0 aliphatic heterocycles. The van der Waals surface area contributed by atoms with E-state index in [-0.39, 0.29) is 16.6 Å². The number of carbonyl (C=O) groups is 1. The van der Waals surface area contributed by atoms with Gasteiger partial charge in [-0.25, -0.2) is 0 Å². The predicted molar refractivity (Wildman–Crippen MR) is 70.0 cm³/mol. The maximum absolute atomic E-state index is 11.6. The molecule has 0 bridgehead atoms. The molecule has 0 aromatic heterocycles. The third-order valence-corrected chi connectivity index (χ3v) is 2.21. The number of allylic oxidation sites excluding steroid dienone is 4. The Balaban J connectivity index is 4.79. The van der Waals surface area contributed by atoms with E-state index in [9.17, 15) is 4.79 Å². The molecule has 0 rings (SSSR count). The SMILES string of the molecule is C#CC(=CC=CC(=O)C(C)(C)C)C(C)(C)C. The van der Waals surface area contributed by atoms with E-state index in [1.54, 1.807) is 12.2 Å². The van der Waals surface area contributed by atoms with Gasteiger partial charge in [-0.3, -0.25) is 4.79 Å². The second-order valence-electron chi connectivity index (χ2n) is 5.95. The van der Waals surface area contributed by atoms with Gasteiger partial charge < -0.3 is 0 Å². The highest BCUT2D eigenvalue weighted by atomic mass is 16.1. The first kappa shape index (κ1) is 14.7. The minimum Gasteiger partial charge on any atom is -0.294 e. The van der Waals surface area contributed by atoms with Gasteiger partial charge in [-0.1, -0.05) is 53.5 Å². The van der Waals surface area contributed by atoms with E-state index in [0.717, 1.165) is 5.57 Å². The zero-order valence-corrected chi connectivity index (χ0v) is 11.2. The minimum absolute atomic E-state index is 0.0517. The fourth-order valence-electron chi connectivity index (χ4n) is 0.996. The molecule has 0 amide bonds. The molecule has 0 aliphatic carbocycles. The van der Waals surface area contributed by atoms with Gasteiger partial charge in [-0.2, -0.15) is 0 Å². The van der Waals surface area contributed by atoms with Gasteiger partial charge in [0.1, 0.15) is 0 Å². The van der Waals surface area contributed by atoms with Gasteiger partial charge in [0.25, 0.3) is 0 Å². The average Bonchev–Trinajstić information content (AvgIpc) is 2.08. The van der Waals surface area contributed by atoms with Crippen molar-refractivity contribution in [3.05, 3.63) is 23.8 Å². The molecule has 0 spiro atoms. The lowest BCUT2D eigenvalue weighted by molar-refractivity contribution is -0.121. The van der Waals surface area contributed by atoms with Crippen LogP contribution in [0.5, 0.6) is 0 Å². The summed E-state index contributed by atoms with van der Waals surface area (Å²) in [6.45, 7) is 11.9. The molecule has 0 saturated heterocycles. The Morgan fingerprint density at radius 2 is 1.56 bits per heavy atom. The van der Waals surface area contributed by atoms with Crippen LogP contribution in [-0.4, -0.2) is 5.78 Å². The van der Waals surface area contributed by atoms with Crippen molar-refractivity contribution in [3.63, 3.8) is 0 Å². The molecular formula is C15H22O. The maximum Gasteiger partial charge on any atom is 0.160 e.